The number of ketones is 1. The largest absolute Gasteiger partial charge is 0.305 e. The topological polar surface area (TPSA) is 47.8 Å². The molecular weight excluding hydrogens is 380 g/mol. The van der Waals surface area contributed by atoms with Crippen molar-refractivity contribution in [3.63, 3.8) is 0 Å². The molecule has 4 nitrogen and oxygen atoms in total. The third kappa shape index (κ3) is 3.64. The molecule has 3 rings (SSSR count). The highest BCUT2D eigenvalue weighted by atomic mass is 35.5. The van der Waals surface area contributed by atoms with E-state index in [0.717, 1.165) is 17.7 Å². The van der Waals surface area contributed by atoms with Crippen LogP contribution in [0.2, 0.25) is 5.02 Å². The van der Waals surface area contributed by atoms with Crippen LogP contribution >= 0.6 is 23.4 Å². The van der Waals surface area contributed by atoms with Crippen molar-refractivity contribution in [3.8, 4) is 11.4 Å². The van der Waals surface area contributed by atoms with Crippen molar-refractivity contribution in [1.29, 1.82) is 0 Å². The average Bonchev–Trinajstić information content (AvgIpc) is 2.97. The highest BCUT2D eigenvalue weighted by Gasteiger charge is 2.22. The van der Waals surface area contributed by atoms with Gasteiger partial charge in [-0.3, -0.25) is 4.79 Å². The lowest BCUT2D eigenvalue weighted by molar-refractivity contribution is 0.0993. The first-order valence-electron chi connectivity index (χ1n) is 7.68. The molecular formula is C18H14ClF2N3OS. The van der Waals surface area contributed by atoms with Crippen LogP contribution in [-0.4, -0.2) is 25.8 Å². The summed E-state index contributed by atoms with van der Waals surface area (Å²) in [5.41, 5.74) is 0.841. The van der Waals surface area contributed by atoms with Gasteiger partial charge >= 0.3 is 0 Å². The van der Waals surface area contributed by atoms with E-state index in [-0.39, 0.29) is 11.3 Å². The number of carbonyl (C=O) groups is 1. The summed E-state index contributed by atoms with van der Waals surface area (Å²) in [5.74, 6) is -1.78. The normalized spacial score (nSPS) is 12.2. The van der Waals surface area contributed by atoms with Gasteiger partial charge in [0.2, 0.25) is 0 Å². The van der Waals surface area contributed by atoms with Gasteiger partial charge in [-0.15, -0.1) is 10.2 Å². The molecule has 0 radical (unpaired) electrons. The summed E-state index contributed by atoms with van der Waals surface area (Å²) in [6.45, 7) is 1.68. The standard InChI is InChI=1S/C18H14ClF2N3OS/c1-10(16(25)11-7-8-14(20)15(21)9-11)26-18-23-22-17(24(18)2)12-5-3-4-6-13(12)19/h3-10H,1-2H3/t10-/m0/s1. The van der Waals surface area contributed by atoms with Crippen molar-refractivity contribution in [1.82, 2.24) is 14.8 Å². The molecule has 1 aromatic heterocycles. The minimum atomic E-state index is -1.05. The van der Waals surface area contributed by atoms with Gasteiger partial charge in [0.05, 0.1) is 10.3 Å². The van der Waals surface area contributed by atoms with Crippen LogP contribution in [0.25, 0.3) is 11.4 Å². The zero-order valence-corrected chi connectivity index (χ0v) is 15.5. The van der Waals surface area contributed by atoms with E-state index in [1.165, 1.54) is 17.8 Å². The van der Waals surface area contributed by atoms with E-state index < -0.39 is 16.9 Å². The lowest BCUT2D eigenvalue weighted by atomic mass is 10.1. The fourth-order valence-electron chi connectivity index (χ4n) is 2.39. The lowest BCUT2D eigenvalue weighted by Gasteiger charge is -2.10. The maximum absolute atomic E-state index is 13.3. The van der Waals surface area contributed by atoms with Crippen LogP contribution in [0.5, 0.6) is 0 Å². The Balaban J connectivity index is 1.82. The van der Waals surface area contributed by atoms with Crippen molar-refractivity contribution in [3.05, 3.63) is 64.7 Å². The number of rotatable bonds is 5. The Morgan fingerprint density at radius 1 is 1.15 bits per heavy atom. The van der Waals surface area contributed by atoms with Gasteiger partial charge in [0.15, 0.2) is 28.4 Å². The summed E-state index contributed by atoms with van der Waals surface area (Å²) in [6.07, 6.45) is 0. The van der Waals surface area contributed by atoms with Crippen molar-refractivity contribution in [2.75, 3.05) is 0 Å². The van der Waals surface area contributed by atoms with Crippen molar-refractivity contribution >= 4 is 29.1 Å². The second kappa shape index (κ2) is 7.55. The molecule has 3 aromatic rings. The summed E-state index contributed by atoms with van der Waals surface area (Å²) < 4.78 is 28.1. The maximum Gasteiger partial charge on any atom is 0.191 e. The third-order valence-corrected chi connectivity index (χ3v) is 5.27. The summed E-state index contributed by atoms with van der Waals surface area (Å²) in [4.78, 5) is 12.5. The van der Waals surface area contributed by atoms with Crippen LogP contribution in [0.3, 0.4) is 0 Å². The first kappa shape index (κ1) is 18.5. The van der Waals surface area contributed by atoms with Gasteiger partial charge in [0.25, 0.3) is 0 Å². The predicted octanol–water partition coefficient (Wildman–Crippen LogP) is 4.78. The number of thioether (sulfide) groups is 1. The zero-order chi connectivity index (χ0) is 18.8. The molecule has 0 aliphatic rings. The number of aromatic nitrogens is 3. The fraction of sp³-hybridized carbons (Fsp3) is 0.167. The van der Waals surface area contributed by atoms with Gasteiger partial charge < -0.3 is 4.57 Å². The Labute approximate surface area is 158 Å². The van der Waals surface area contributed by atoms with Crippen LogP contribution in [0.4, 0.5) is 8.78 Å². The van der Waals surface area contributed by atoms with Gasteiger partial charge in [-0.1, -0.05) is 35.5 Å². The van der Waals surface area contributed by atoms with E-state index in [9.17, 15) is 13.6 Å². The Kier molecular flexibility index (Phi) is 5.38. The minimum absolute atomic E-state index is 0.109. The molecule has 1 heterocycles. The minimum Gasteiger partial charge on any atom is -0.305 e. The Bertz CT molecular complexity index is 977. The van der Waals surface area contributed by atoms with Crippen LogP contribution in [0.1, 0.15) is 17.3 Å². The third-order valence-electron chi connectivity index (χ3n) is 3.81. The summed E-state index contributed by atoms with van der Waals surface area (Å²) >= 11 is 7.38. The molecule has 8 heteroatoms. The number of benzene rings is 2. The molecule has 0 saturated carbocycles. The maximum atomic E-state index is 13.3. The number of hydrogen-bond acceptors (Lipinski definition) is 4. The molecule has 0 aliphatic heterocycles. The molecule has 0 fully saturated rings. The lowest BCUT2D eigenvalue weighted by Crippen LogP contribution is -2.15. The molecule has 26 heavy (non-hydrogen) atoms. The Hall–Kier alpha value is -2.25. The molecule has 0 aliphatic carbocycles. The van der Waals surface area contributed by atoms with E-state index in [4.69, 9.17) is 11.6 Å². The number of hydrogen-bond donors (Lipinski definition) is 0. The number of halogens is 3. The SMILES string of the molecule is C[C@H](Sc1nnc(-c2ccccc2Cl)n1C)C(=O)c1ccc(F)c(F)c1. The van der Waals surface area contributed by atoms with Gasteiger partial charge in [0, 0.05) is 18.2 Å². The van der Waals surface area contributed by atoms with Gasteiger partial charge in [-0.25, -0.2) is 8.78 Å². The van der Waals surface area contributed by atoms with Gasteiger partial charge in [-0.2, -0.15) is 0 Å². The van der Waals surface area contributed by atoms with Crippen LogP contribution in [0.15, 0.2) is 47.6 Å². The zero-order valence-electron chi connectivity index (χ0n) is 13.9. The van der Waals surface area contributed by atoms with Crippen LogP contribution < -0.4 is 0 Å². The molecule has 1 atom stereocenters. The molecule has 0 bridgehead atoms. The first-order chi connectivity index (χ1) is 12.4. The first-order valence-corrected chi connectivity index (χ1v) is 8.94. The number of carbonyl (C=O) groups excluding carboxylic acids is 1. The second-order valence-electron chi connectivity index (χ2n) is 5.60. The van der Waals surface area contributed by atoms with Crippen LogP contribution in [0, 0.1) is 11.6 Å². The van der Waals surface area contributed by atoms with E-state index >= 15 is 0 Å². The molecule has 0 unspecified atom stereocenters. The second-order valence-corrected chi connectivity index (χ2v) is 7.31. The van der Waals surface area contributed by atoms with Gasteiger partial charge in [0.1, 0.15) is 0 Å². The summed E-state index contributed by atoms with van der Waals surface area (Å²) in [6, 6.07) is 10.4. The monoisotopic (exact) mass is 393 g/mol. The molecule has 0 saturated heterocycles. The highest BCUT2D eigenvalue weighted by molar-refractivity contribution is 8.00. The van der Waals surface area contributed by atoms with E-state index in [1.54, 1.807) is 24.6 Å². The number of nitrogens with zero attached hydrogens (tertiary/aromatic N) is 3. The molecule has 134 valence electrons. The van der Waals surface area contributed by atoms with Gasteiger partial charge in [-0.05, 0) is 37.3 Å². The quantitative estimate of drug-likeness (QED) is 0.462. The van der Waals surface area contributed by atoms with Crippen LogP contribution in [-0.2, 0) is 7.05 Å². The van der Waals surface area contributed by atoms with E-state index in [1.807, 2.05) is 18.2 Å². The van der Waals surface area contributed by atoms with Crippen molar-refractivity contribution in [2.45, 2.75) is 17.3 Å². The summed E-state index contributed by atoms with van der Waals surface area (Å²) in [5, 5.41) is 8.77. The Morgan fingerprint density at radius 2 is 1.88 bits per heavy atom. The van der Waals surface area contributed by atoms with Crippen molar-refractivity contribution in [2.24, 2.45) is 7.05 Å². The van der Waals surface area contributed by atoms with E-state index in [0.29, 0.717) is 16.0 Å². The molecule has 0 amide bonds. The molecule has 0 spiro atoms. The highest BCUT2D eigenvalue weighted by Crippen LogP contribution is 2.30. The molecule has 0 N–H and O–H groups in total. The Morgan fingerprint density at radius 3 is 2.58 bits per heavy atom. The van der Waals surface area contributed by atoms with E-state index in [2.05, 4.69) is 10.2 Å². The predicted molar refractivity (Wildman–Crippen MR) is 97.5 cm³/mol. The number of Topliss-reactive ketones (excluding diaryl/α,β-unsaturated/α-hetero) is 1. The average molecular weight is 394 g/mol. The molecule has 2 aromatic carbocycles. The fourth-order valence-corrected chi connectivity index (χ4v) is 3.50. The smallest absolute Gasteiger partial charge is 0.191 e. The summed E-state index contributed by atoms with van der Waals surface area (Å²) in [7, 11) is 1.77. The van der Waals surface area contributed by atoms with Crippen molar-refractivity contribution < 1.29 is 13.6 Å².